The molecule has 1 aliphatic rings. The van der Waals surface area contributed by atoms with Gasteiger partial charge in [0.2, 0.25) is 5.91 Å². The van der Waals surface area contributed by atoms with Crippen molar-refractivity contribution in [3.8, 4) is 5.75 Å². The van der Waals surface area contributed by atoms with Crippen LogP contribution in [0.2, 0.25) is 0 Å². The van der Waals surface area contributed by atoms with E-state index >= 15 is 0 Å². The average Bonchev–Trinajstić information content (AvgIpc) is 3.10. The minimum atomic E-state index is 0. The molecule has 0 spiro atoms. The Labute approximate surface area is 176 Å². The number of aromatic nitrogens is 2. The van der Waals surface area contributed by atoms with Crippen LogP contribution < -0.4 is 15.4 Å². The smallest absolute Gasteiger partial charge is 0.228 e. The van der Waals surface area contributed by atoms with Gasteiger partial charge in [0, 0.05) is 30.7 Å². The van der Waals surface area contributed by atoms with Crippen molar-refractivity contribution in [1.29, 1.82) is 0 Å². The molecule has 4 rings (SSSR count). The first kappa shape index (κ1) is 22.0. The molecule has 1 unspecified atom stereocenters. The third-order valence-corrected chi connectivity index (χ3v) is 4.57. The number of nitrogens with one attached hydrogen (secondary N) is 2. The van der Waals surface area contributed by atoms with Crippen molar-refractivity contribution >= 4 is 42.1 Å². The van der Waals surface area contributed by atoms with Crippen LogP contribution in [0.5, 0.6) is 5.75 Å². The molecule has 2 N–H and O–H groups in total. The number of hydrogen-bond acceptors (Lipinski definition) is 4. The third-order valence-electron chi connectivity index (χ3n) is 4.57. The number of carbonyl (C=O) groups is 1. The number of fused-ring (bicyclic) bond motifs is 1. The standard InChI is InChI=1S/C20H22N4O2.2ClH/c25-20(15-5-4-9-21-12-15)23-16-6-3-7-18(11-16)26-14-17-13-24-10-2-1-8-19(24)22-17;;/h1-3,6-8,10-11,13,15,21H,4-5,9,12,14H2,(H,23,25);2*1H. The van der Waals surface area contributed by atoms with Gasteiger partial charge in [-0.05, 0) is 43.7 Å². The molecule has 3 aromatic rings. The first-order valence-corrected chi connectivity index (χ1v) is 8.95. The molecule has 1 saturated heterocycles. The van der Waals surface area contributed by atoms with Gasteiger partial charge < -0.3 is 19.8 Å². The van der Waals surface area contributed by atoms with Gasteiger partial charge in [-0.25, -0.2) is 4.98 Å². The summed E-state index contributed by atoms with van der Waals surface area (Å²) in [6.07, 6.45) is 5.89. The molecule has 0 radical (unpaired) electrons. The van der Waals surface area contributed by atoms with E-state index in [-0.39, 0.29) is 36.6 Å². The van der Waals surface area contributed by atoms with E-state index < -0.39 is 0 Å². The second-order valence-corrected chi connectivity index (χ2v) is 6.55. The van der Waals surface area contributed by atoms with Gasteiger partial charge in [0.05, 0.1) is 11.6 Å². The first-order chi connectivity index (χ1) is 12.8. The molecule has 0 bridgehead atoms. The van der Waals surface area contributed by atoms with Gasteiger partial charge in [0.15, 0.2) is 0 Å². The Morgan fingerprint density at radius 1 is 1.25 bits per heavy atom. The van der Waals surface area contributed by atoms with E-state index in [1.807, 2.05) is 59.3 Å². The van der Waals surface area contributed by atoms with Gasteiger partial charge in [-0.3, -0.25) is 4.79 Å². The summed E-state index contributed by atoms with van der Waals surface area (Å²) in [5.41, 5.74) is 2.51. The lowest BCUT2D eigenvalue weighted by Gasteiger charge is -2.22. The van der Waals surface area contributed by atoms with Crippen molar-refractivity contribution in [3.63, 3.8) is 0 Å². The zero-order valence-corrected chi connectivity index (χ0v) is 17.0. The van der Waals surface area contributed by atoms with Crippen molar-refractivity contribution in [2.24, 2.45) is 5.92 Å². The number of ether oxygens (including phenoxy) is 1. The molecule has 0 aliphatic carbocycles. The Hall–Kier alpha value is -2.28. The summed E-state index contributed by atoms with van der Waals surface area (Å²) in [6, 6.07) is 13.4. The van der Waals surface area contributed by atoms with Crippen LogP contribution in [0.1, 0.15) is 18.5 Å². The highest BCUT2D eigenvalue weighted by Gasteiger charge is 2.20. The van der Waals surface area contributed by atoms with Crippen LogP contribution in [-0.4, -0.2) is 28.4 Å². The fourth-order valence-electron chi connectivity index (χ4n) is 3.20. The Bertz CT molecular complexity index is 877. The van der Waals surface area contributed by atoms with Gasteiger partial charge in [0.25, 0.3) is 0 Å². The molecular formula is C20H24Cl2N4O2. The largest absolute Gasteiger partial charge is 0.487 e. The number of pyridine rings is 1. The normalized spacial score (nSPS) is 15.9. The molecule has 6 nitrogen and oxygen atoms in total. The number of anilines is 1. The van der Waals surface area contributed by atoms with Crippen LogP contribution in [0.15, 0.2) is 54.9 Å². The molecule has 3 heterocycles. The van der Waals surface area contributed by atoms with Crippen molar-refractivity contribution < 1.29 is 9.53 Å². The van der Waals surface area contributed by atoms with Crippen LogP contribution >= 0.6 is 24.8 Å². The molecule has 1 amide bonds. The van der Waals surface area contributed by atoms with Crippen molar-refractivity contribution in [2.45, 2.75) is 19.4 Å². The topological polar surface area (TPSA) is 67.7 Å². The van der Waals surface area contributed by atoms with Crippen LogP contribution in [0.4, 0.5) is 5.69 Å². The molecular weight excluding hydrogens is 399 g/mol. The zero-order chi connectivity index (χ0) is 17.8. The second-order valence-electron chi connectivity index (χ2n) is 6.55. The monoisotopic (exact) mass is 422 g/mol. The maximum absolute atomic E-state index is 12.4. The van der Waals surface area contributed by atoms with Crippen molar-refractivity contribution in [2.75, 3.05) is 18.4 Å². The molecule has 1 atom stereocenters. The van der Waals surface area contributed by atoms with Crippen LogP contribution in [0.3, 0.4) is 0 Å². The van der Waals surface area contributed by atoms with Gasteiger partial charge in [0.1, 0.15) is 18.0 Å². The first-order valence-electron chi connectivity index (χ1n) is 8.95. The Kier molecular flexibility index (Phi) is 8.11. The fraction of sp³-hybridized carbons (Fsp3) is 0.300. The fourth-order valence-corrected chi connectivity index (χ4v) is 3.20. The SMILES string of the molecule is Cl.Cl.O=C(Nc1cccc(OCc2cn3ccccc3n2)c1)C1CCCNC1. The Balaban J connectivity index is 0.00000140. The van der Waals surface area contributed by atoms with E-state index in [1.54, 1.807) is 0 Å². The molecule has 2 aromatic heterocycles. The van der Waals surface area contributed by atoms with Crippen molar-refractivity contribution in [1.82, 2.24) is 14.7 Å². The summed E-state index contributed by atoms with van der Waals surface area (Å²) in [5.74, 6) is 0.808. The maximum atomic E-state index is 12.4. The molecule has 28 heavy (non-hydrogen) atoms. The van der Waals surface area contributed by atoms with E-state index in [0.717, 1.165) is 43.0 Å². The highest BCUT2D eigenvalue weighted by atomic mass is 35.5. The summed E-state index contributed by atoms with van der Waals surface area (Å²) in [5, 5.41) is 6.26. The molecule has 150 valence electrons. The lowest BCUT2D eigenvalue weighted by atomic mass is 9.99. The number of halogens is 2. The summed E-state index contributed by atoms with van der Waals surface area (Å²) in [4.78, 5) is 16.9. The second kappa shape index (κ2) is 10.3. The summed E-state index contributed by atoms with van der Waals surface area (Å²) < 4.78 is 7.82. The molecule has 8 heteroatoms. The van der Waals surface area contributed by atoms with Crippen LogP contribution in [0, 0.1) is 5.92 Å². The number of piperidine rings is 1. The third kappa shape index (κ3) is 5.38. The van der Waals surface area contributed by atoms with Gasteiger partial charge in [-0.2, -0.15) is 0 Å². The number of rotatable bonds is 5. The molecule has 1 aliphatic heterocycles. The average molecular weight is 423 g/mol. The quantitative estimate of drug-likeness (QED) is 0.657. The van der Waals surface area contributed by atoms with E-state index in [4.69, 9.17) is 4.74 Å². The Morgan fingerprint density at radius 3 is 2.93 bits per heavy atom. The number of amides is 1. The van der Waals surface area contributed by atoms with Crippen LogP contribution in [0.25, 0.3) is 5.65 Å². The summed E-state index contributed by atoms with van der Waals surface area (Å²) in [6.45, 7) is 2.12. The highest BCUT2D eigenvalue weighted by molar-refractivity contribution is 5.92. The maximum Gasteiger partial charge on any atom is 0.228 e. The number of carbonyl (C=O) groups excluding carboxylic acids is 1. The minimum absolute atomic E-state index is 0. The van der Waals surface area contributed by atoms with Gasteiger partial charge in [-0.15, -0.1) is 24.8 Å². The number of imidazole rings is 1. The predicted molar refractivity (Wildman–Crippen MR) is 115 cm³/mol. The Morgan fingerprint density at radius 2 is 2.14 bits per heavy atom. The summed E-state index contributed by atoms with van der Waals surface area (Å²) in [7, 11) is 0. The predicted octanol–water partition coefficient (Wildman–Crippen LogP) is 3.70. The molecule has 1 fully saturated rings. The summed E-state index contributed by atoms with van der Waals surface area (Å²) >= 11 is 0. The number of nitrogens with zero attached hydrogens (tertiary/aromatic N) is 2. The van der Waals surface area contributed by atoms with Crippen molar-refractivity contribution in [3.05, 3.63) is 60.6 Å². The van der Waals surface area contributed by atoms with Gasteiger partial charge in [-0.1, -0.05) is 12.1 Å². The lowest BCUT2D eigenvalue weighted by Crippen LogP contribution is -2.37. The highest BCUT2D eigenvalue weighted by Crippen LogP contribution is 2.20. The minimum Gasteiger partial charge on any atom is -0.487 e. The van der Waals surface area contributed by atoms with Gasteiger partial charge >= 0.3 is 0 Å². The number of benzene rings is 1. The van der Waals surface area contributed by atoms with E-state index in [0.29, 0.717) is 12.4 Å². The number of hydrogen-bond donors (Lipinski definition) is 2. The van der Waals surface area contributed by atoms with E-state index in [2.05, 4.69) is 15.6 Å². The zero-order valence-electron chi connectivity index (χ0n) is 15.3. The van der Waals surface area contributed by atoms with Crippen LogP contribution in [-0.2, 0) is 11.4 Å². The molecule has 0 saturated carbocycles. The van der Waals surface area contributed by atoms with E-state index in [1.165, 1.54) is 0 Å². The van der Waals surface area contributed by atoms with E-state index in [9.17, 15) is 4.79 Å². The lowest BCUT2D eigenvalue weighted by molar-refractivity contribution is -0.120. The molecule has 1 aromatic carbocycles.